The van der Waals surface area contributed by atoms with E-state index in [1.54, 1.807) is 26.8 Å². The average molecular weight is 514 g/mol. The second-order valence-corrected chi connectivity index (χ2v) is 11.5. The van der Waals surface area contributed by atoms with Crippen molar-refractivity contribution in [3.63, 3.8) is 0 Å². The fourth-order valence-corrected chi connectivity index (χ4v) is 5.49. The zero-order valence-electron chi connectivity index (χ0n) is 20.3. The quantitative estimate of drug-likeness (QED) is 0.373. The first kappa shape index (κ1) is 26.9. The van der Waals surface area contributed by atoms with Crippen LogP contribution in [0, 0.1) is 17.8 Å². The summed E-state index contributed by atoms with van der Waals surface area (Å²) in [5.41, 5.74) is -0.0306. The summed E-state index contributed by atoms with van der Waals surface area (Å²) in [6, 6.07) is 2.85. The highest BCUT2D eigenvalue weighted by Crippen LogP contribution is 2.53. The molecular weight excluding hydrogens is 481 g/mol. The number of amides is 1. The summed E-state index contributed by atoms with van der Waals surface area (Å²) in [5.74, 6) is -0.332. The molecule has 1 unspecified atom stereocenters. The van der Waals surface area contributed by atoms with Crippen LogP contribution < -0.4 is 10.1 Å². The number of piperidine rings is 1. The molecule has 194 valence electrons. The maximum absolute atomic E-state index is 12.9. The Labute approximate surface area is 204 Å². The summed E-state index contributed by atoms with van der Waals surface area (Å²) in [6.45, 7) is 5.37. The third-order valence-corrected chi connectivity index (χ3v) is 7.60. The normalized spacial score (nSPS) is 22.3. The predicted molar refractivity (Wildman–Crippen MR) is 124 cm³/mol. The van der Waals surface area contributed by atoms with E-state index in [4.69, 9.17) is 14.2 Å². The Morgan fingerprint density at radius 3 is 2.49 bits per heavy atom. The molecule has 1 aliphatic heterocycles. The summed E-state index contributed by atoms with van der Waals surface area (Å²) < 4.78 is 55.4. The highest BCUT2D eigenvalue weighted by atomic mass is 32.2. The SMILES string of the molecule is COC(=O)C1[C@H]2CN(S(=O)(=O)c3ccc(OC/C(=C/CCF)CNC(=O)OC(C)(C)C)nc3)C[C@@H]12. The molecule has 2 aliphatic rings. The van der Waals surface area contributed by atoms with Gasteiger partial charge in [0, 0.05) is 25.7 Å². The molecule has 1 N–H and O–H groups in total. The molecule has 1 saturated carbocycles. The van der Waals surface area contributed by atoms with E-state index in [9.17, 15) is 22.4 Å². The number of ether oxygens (including phenoxy) is 3. The summed E-state index contributed by atoms with van der Waals surface area (Å²) in [5, 5.41) is 2.60. The van der Waals surface area contributed by atoms with Crippen LogP contribution in [-0.4, -0.2) is 75.4 Å². The minimum absolute atomic E-state index is 0.00314. The van der Waals surface area contributed by atoms with Crippen LogP contribution >= 0.6 is 0 Å². The smallest absolute Gasteiger partial charge is 0.407 e. The van der Waals surface area contributed by atoms with E-state index in [1.165, 1.54) is 29.7 Å². The minimum Gasteiger partial charge on any atom is -0.473 e. The van der Waals surface area contributed by atoms with Gasteiger partial charge >= 0.3 is 12.1 Å². The van der Waals surface area contributed by atoms with Gasteiger partial charge in [0.05, 0.1) is 25.9 Å². The lowest BCUT2D eigenvalue weighted by Gasteiger charge is -2.20. The molecule has 0 aromatic carbocycles. The Bertz CT molecular complexity index is 1040. The van der Waals surface area contributed by atoms with Crippen LogP contribution in [0.25, 0.3) is 0 Å². The monoisotopic (exact) mass is 513 g/mol. The molecule has 2 fully saturated rings. The van der Waals surface area contributed by atoms with Crippen LogP contribution in [0.15, 0.2) is 34.9 Å². The third-order valence-electron chi connectivity index (χ3n) is 5.79. The first-order chi connectivity index (χ1) is 16.5. The standard InChI is InChI=1S/C23H32FN3O7S/c1-23(2,3)34-22(29)26-10-15(6-5-9-24)14-33-19-8-7-16(11-25-19)35(30,31)27-12-17-18(13-27)20(17)21(28)32-4/h6-8,11,17-18,20H,5,9-10,12-14H2,1-4H3,(H,26,29)/b15-6+/t17-,18+,20?. The fraction of sp³-hybridized carbons (Fsp3) is 0.609. The number of fused-ring (bicyclic) bond motifs is 1. The number of hydrogen-bond donors (Lipinski definition) is 1. The van der Waals surface area contributed by atoms with Crippen molar-refractivity contribution in [1.29, 1.82) is 0 Å². The van der Waals surface area contributed by atoms with Gasteiger partial charge in [0.25, 0.3) is 0 Å². The summed E-state index contributed by atoms with van der Waals surface area (Å²) in [7, 11) is -2.41. The van der Waals surface area contributed by atoms with Crippen molar-refractivity contribution in [3.8, 4) is 5.88 Å². The van der Waals surface area contributed by atoms with Crippen molar-refractivity contribution >= 4 is 22.1 Å². The average Bonchev–Trinajstić information content (AvgIpc) is 3.29. The number of methoxy groups -OCH3 is 1. The number of aromatic nitrogens is 1. The second-order valence-electron chi connectivity index (χ2n) is 9.51. The Kier molecular flexibility index (Phi) is 8.37. The number of alkyl halides is 1. The topological polar surface area (TPSA) is 124 Å². The van der Waals surface area contributed by atoms with Crippen LogP contribution in [0.2, 0.25) is 0 Å². The highest BCUT2D eigenvalue weighted by Gasteiger charge is 2.62. The van der Waals surface area contributed by atoms with Crippen molar-refractivity contribution < 1.29 is 36.6 Å². The van der Waals surface area contributed by atoms with Gasteiger partial charge in [0.2, 0.25) is 15.9 Å². The van der Waals surface area contributed by atoms with Gasteiger partial charge in [-0.15, -0.1) is 0 Å². The zero-order chi connectivity index (χ0) is 25.8. The third kappa shape index (κ3) is 6.91. The molecule has 3 rings (SSSR count). The lowest BCUT2D eigenvalue weighted by atomic mass is 10.2. The van der Waals surface area contributed by atoms with Crippen LogP contribution in [0.4, 0.5) is 9.18 Å². The Morgan fingerprint density at radius 2 is 1.94 bits per heavy atom. The summed E-state index contributed by atoms with van der Waals surface area (Å²) in [4.78, 5) is 27.7. The van der Waals surface area contributed by atoms with E-state index in [0.717, 1.165) is 0 Å². The number of esters is 1. The number of carbonyl (C=O) groups is 2. The predicted octanol–water partition coefficient (Wildman–Crippen LogP) is 2.31. The molecule has 1 amide bonds. The van der Waals surface area contributed by atoms with Gasteiger partial charge in [0.1, 0.15) is 17.1 Å². The van der Waals surface area contributed by atoms with Gasteiger partial charge in [-0.3, -0.25) is 9.18 Å². The van der Waals surface area contributed by atoms with Gasteiger partial charge in [0.15, 0.2) is 0 Å². The van der Waals surface area contributed by atoms with Gasteiger partial charge in [-0.05, 0) is 50.7 Å². The zero-order valence-corrected chi connectivity index (χ0v) is 21.1. The van der Waals surface area contributed by atoms with E-state index in [0.29, 0.717) is 5.57 Å². The number of carbonyl (C=O) groups excluding carboxylic acids is 2. The maximum atomic E-state index is 12.9. The summed E-state index contributed by atoms with van der Waals surface area (Å²) >= 11 is 0. The van der Waals surface area contributed by atoms with Crippen molar-refractivity contribution in [1.82, 2.24) is 14.6 Å². The van der Waals surface area contributed by atoms with Crippen LogP contribution in [0.1, 0.15) is 27.2 Å². The maximum Gasteiger partial charge on any atom is 0.407 e. The minimum atomic E-state index is -3.74. The molecule has 12 heteroatoms. The lowest BCUT2D eigenvalue weighted by Crippen LogP contribution is -2.34. The number of alkyl carbamates (subject to hydrolysis) is 1. The number of allylic oxidation sites excluding steroid dienone is 1. The molecule has 0 spiro atoms. The Hall–Kier alpha value is -2.73. The fourth-order valence-electron chi connectivity index (χ4n) is 4.03. The molecule has 1 aromatic rings. The molecule has 3 atom stereocenters. The first-order valence-corrected chi connectivity index (χ1v) is 12.8. The number of nitrogens with one attached hydrogen (secondary N) is 1. The molecule has 35 heavy (non-hydrogen) atoms. The van der Waals surface area contributed by atoms with Crippen LogP contribution in [0.3, 0.4) is 0 Å². The number of rotatable bonds is 10. The lowest BCUT2D eigenvalue weighted by molar-refractivity contribution is -0.143. The van der Waals surface area contributed by atoms with Gasteiger partial charge < -0.3 is 19.5 Å². The number of halogens is 1. The number of nitrogens with zero attached hydrogens (tertiary/aromatic N) is 2. The van der Waals surface area contributed by atoms with E-state index >= 15 is 0 Å². The molecule has 0 bridgehead atoms. The Balaban J connectivity index is 1.54. The molecular formula is C23H32FN3O7S. The molecule has 2 heterocycles. The number of sulfonamides is 1. The van der Waals surface area contributed by atoms with E-state index < -0.39 is 28.4 Å². The molecule has 1 saturated heterocycles. The molecule has 1 aliphatic carbocycles. The van der Waals surface area contributed by atoms with E-state index in [-0.39, 0.29) is 67.2 Å². The highest BCUT2D eigenvalue weighted by molar-refractivity contribution is 7.89. The molecule has 1 aromatic heterocycles. The van der Waals surface area contributed by atoms with Crippen molar-refractivity contribution in [3.05, 3.63) is 30.0 Å². The second kappa shape index (κ2) is 10.9. The van der Waals surface area contributed by atoms with Crippen LogP contribution in [0.5, 0.6) is 5.88 Å². The largest absolute Gasteiger partial charge is 0.473 e. The van der Waals surface area contributed by atoms with Crippen molar-refractivity contribution in [2.24, 2.45) is 17.8 Å². The van der Waals surface area contributed by atoms with Gasteiger partial charge in [-0.1, -0.05) is 6.08 Å². The number of pyridine rings is 1. The van der Waals surface area contributed by atoms with Crippen molar-refractivity contribution in [2.45, 2.75) is 37.7 Å². The molecule has 0 radical (unpaired) electrons. The van der Waals surface area contributed by atoms with Gasteiger partial charge in [-0.25, -0.2) is 18.2 Å². The van der Waals surface area contributed by atoms with Crippen molar-refractivity contribution in [2.75, 3.05) is 40.0 Å². The van der Waals surface area contributed by atoms with E-state index in [1.807, 2.05) is 0 Å². The molecule has 10 nitrogen and oxygen atoms in total. The van der Waals surface area contributed by atoms with E-state index in [2.05, 4.69) is 10.3 Å². The van der Waals surface area contributed by atoms with Crippen LogP contribution in [-0.2, 0) is 24.3 Å². The Morgan fingerprint density at radius 1 is 1.26 bits per heavy atom. The summed E-state index contributed by atoms with van der Waals surface area (Å²) in [6.07, 6.45) is 2.40. The van der Waals surface area contributed by atoms with Gasteiger partial charge in [-0.2, -0.15) is 4.31 Å². The number of hydrogen-bond acceptors (Lipinski definition) is 8. The first-order valence-electron chi connectivity index (χ1n) is 11.3.